The van der Waals surface area contributed by atoms with Gasteiger partial charge in [-0.1, -0.05) is 11.6 Å². The second-order valence-corrected chi connectivity index (χ2v) is 4.76. The normalized spacial score (nSPS) is 10.6. The van der Waals surface area contributed by atoms with E-state index in [1.165, 1.54) is 24.0 Å². The van der Waals surface area contributed by atoms with Gasteiger partial charge in [0.15, 0.2) is 0 Å². The molecule has 2 heterocycles. The van der Waals surface area contributed by atoms with E-state index in [1.54, 1.807) is 10.9 Å². The van der Waals surface area contributed by atoms with Crippen LogP contribution in [0.5, 0.6) is 0 Å². The van der Waals surface area contributed by atoms with Crippen LogP contribution in [-0.4, -0.2) is 36.9 Å². The summed E-state index contributed by atoms with van der Waals surface area (Å²) in [5.74, 6) is -0.286. The number of hydrogen-bond acceptors (Lipinski definition) is 5. The first-order valence-corrected chi connectivity index (χ1v) is 6.46. The van der Waals surface area contributed by atoms with Crippen molar-refractivity contribution in [2.24, 2.45) is 0 Å². The Morgan fingerprint density at radius 3 is 2.81 bits per heavy atom. The highest BCUT2D eigenvalue weighted by Crippen LogP contribution is 2.14. The Kier molecular flexibility index (Phi) is 4.53. The maximum absolute atomic E-state index is 11.7. The fourth-order valence-corrected chi connectivity index (χ4v) is 1.90. The number of aromatic nitrogens is 4. The second kappa shape index (κ2) is 6.35. The van der Waals surface area contributed by atoms with Gasteiger partial charge >= 0.3 is 5.69 Å². The van der Waals surface area contributed by atoms with Crippen LogP contribution in [0.2, 0.25) is 5.02 Å². The summed E-state index contributed by atoms with van der Waals surface area (Å²) in [5.41, 5.74) is 0.174. The largest absolute Gasteiger partial charge is 0.353 e. The van der Waals surface area contributed by atoms with Gasteiger partial charge in [-0.05, 0) is 6.92 Å². The highest BCUT2D eigenvalue weighted by Gasteiger charge is 2.16. The molecule has 1 amide bonds. The van der Waals surface area contributed by atoms with Crippen molar-refractivity contribution in [3.63, 3.8) is 0 Å². The summed E-state index contributed by atoms with van der Waals surface area (Å²) in [5, 5.41) is 21.8. The van der Waals surface area contributed by atoms with Crippen LogP contribution in [0, 0.1) is 17.0 Å². The van der Waals surface area contributed by atoms with Crippen molar-refractivity contribution in [2.75, 3.05) is 6.54 Å². The molecular weight excluding hydrogens is 300 g/mol. The molecular formula is C11H13ClN6O3. The lowest BCUT2D eigenvalue weighted by Crippen LogP contribution is -2.30. The number of nitro groups is 1. The molecule has 0 atom stereocenters. The molecule has 2 rings (SSSR count). The Morgan fingerprint density at radius 1 is 1.48 bits per heavy atom. The van der Waals surface area contributed by atoms with Crippen molar-refractivity contribution in [2.45, 2.75) is 20.0 Å². The van der Waals surface area contributed by atoms with Crippen molar-refractivity contribution in [3.8, 4) is 0 Å². The summed E-state index contributed by atoms with van der Waals surface area (Å²) in [6, 6.07) is 0. The minimum absolute atomic E-state index is 0.0749. The molecule has 0 saturated carbocycles. The zero-order valence-corrected chi connectivity index (χ0v) is 11.9. The Balaban J connectivity index is 1.81. The molecule has 0 unspecified atom stereocenters. The second-order valence-electron chi connectivity index (χ2n) is 4.33. The van der Waals surface area contributed by atoms with E-state index >= 15 is 0 Å². The van der Waals surface area contributed by atoms with Crippen LogP contribution in [0.25, 0.3) is 0 Å². The van der Waals surface area contributed by atoms with Crippen molar-refractivity contribution >= 4 is 23.2 Å². The Hall–Kier alpha value is -2.42. The van der Waals surface area contributed by atoms with Gasteiger partial charge in [-0.3, -0.25) is 24.3 Å². The molecule has 2 aromatic rings. The third-order valence-electron chi connectivity index (χ3n) is 2.69. The highest BCUT2D eigenvalue weighted by molar-refractivity contribution is 6.30. The zero-order chi connectivity index (χ0) is 15.4. The smallest absolute Gasteiger partial charge is 0.309 e. The van der Waals surface area contributed by atoms with Crippen LogP contribution in [0.4, 0.5) is 5.69 Å². The summed E-state index contributed by atoms with van der Waals surface area (Å²) in [7, 11) is 0. The maximum Gasteiger partial charge on any atom is 0.309 e. The van der Waals surface area contributed by atoms with Gasteiger partial charge in [-0.15, -0.1) is 0 Å². The van der Waals surface area contributed by atoms with Gasteiger partial charge < -0.3 is 5.32 Å². The maximum atomic E-state index is 11.7. The number of nitrogens with one attached hydrogen (secondary N) is 1. The van der Waals surface area contributed by atoms with Crippen LogP contribution in [0.15, 0.2) is 18.6 Å². The monoisotopic (exact) mass is 312 g/mol. The molecule has 2 aromatic heterocycles. The minimum atomic E-state index is -0.530. The van der Waals surface area contributed by atoms with E-state index in [1.807, 2.05) is 0 Å². The lowest BCUT2D eigenvalue weighted by Gasteiger charge is -2.05. The van der Waals surface area contributed by atoms with Gasteiger partial charge in [0.05, 0.1) is 22.7 Å². The highest BCUT2D eigenvalue weighted by atomic mass is 35.5. The van der Waals surface area contributed by atoms with Gasteiger partial charge in [0.1, 0.15) is 18.4 Å². The summed E-state index contributed by atoms with van der Waals surface area (Å²) >= 11 is 5.71. The Labute approximate surface area is 124 Å². The molecule has 1 N–H and O–H groups in total. The molecule has 0 fully saturated rings. The lowest BCUT2D eigenvalue weighted by molar-refractivity contribution is -0.385. The quantitative estimate of drug-likeness (QED) is 0.626. The molecule has 0 aliphatic rings. The van der Waals surface area contributed by atoms with E-state index < -0.39 is 4.92 Å². The van der Waals surface area contributed by atoms with Gasteiger partial charge in [0.2, 0.25) is 5.91 Å². The molecule has 0 aliphatic heterocycles. The van der Waals surface area contributed by atoms with Crippen LogP contribution in [0.3, 0.4) is 0 Å². The fraction of sp³-hybridized carbons (Fsp3) is 0.364. The number of carbonyl (C=O) groups excluding carboxylic acids is 1. The summed E-state index contributed by atoms with van der Waals surface area (Å²) < 4.78 is 2.85. The number of amides is 1. The lowest BCUT2D eigenvalue weighted by atomic mass is 10.4. The fourth-order valence-electron chi connectivity index (χ4n) is 1.74. The first kappa shape index (κ1) is 15.0. The molecule has 0 saturated heterocycles. The summed E-state index contributed by atoms with van der Waals surface area (Å²) in [6.07, 6.45) is 4.39. The average Bonchev–Trinajstić information content (AvgIpc) is 2.96. The molecule has 0 spiro atoms. The van der Waals surface area contributed by atoms with Crippen molar-refractivity contribution in [1.29, 1.82) is 0 Å². The average molecular weight is 313 g/mol. The summed E-state index contributed by atoms with van der Waals surface area (Å²) in [6.45, 7) is 2.30. The van der Waals surface area contributed by atoms with Gasteiger partial charge in [0, 0.05) is 12.7 Å². The standard InChI is InChI=1S/C11H13ClN6O3/c1-8-10(18(20)21)6-17(15-8)7-11(19)13-2-3-16-5-9(12)4-14-16/h4-6H,2-3,7H2,1H3,(H,13,19). The molecule has 0 aromatic carbocycles. The first-order valence-electron chi connectivity index (χ1n) is 6.09. The molecule has 112 valence electrons. The number of halogens is 1. The number of carbonyl (C=O) groups is 1. The molecule has 21 heavy (non-hydrogen) atoms. The van der Waals surface area contributed by atoms with Gasteiger partial charge in [-0.25, -0.2) is 0 Å². The van der Waals surface area contributed by atoms with E-state index in [0.717, 1.165) is 0 Å². The minimum Gasteiger partial charge on any atom is -0.353 e. The van der Waals surface area contributed by atoms with E-state index in [9.17, 15) is 14.9 Å². The number of nitrogens with zero attached hydrogens (tertiary/aromatic N) is 5. The van der Waals surface area contributed by atoms with Crippen molar-refractivity contribution < 1.29 is 9.72 Å². The van der Waals surface area contributed by atoms with E-state index in [2.05, 4.69) is 15.5 Å². The molecule has 9 nitrogen and oxygen atoms in total. The zero-order valence-electron chi connectivity index (χ0n) is 11.2. The molecule has 0 radical (unpaired) electrons. The molecule has 10 heteroatoms. The Morgan fingerprint density at radius 2 is 2.24 bits per heavy atom. The molecule has 0 bridgehead atoms. The van der Waals surface area contributed by atoms with Gasteiger partial charge in [0.25, 0.3) is 0 Å². The third-order valence-corrected chi connectivity index (χ3v) is 2.88. The first-order chi connectivity index (χ1) is 9.95. The topological polar surface area (TPSA) is 108 Å². The summed E-state index contributed by atoms with van der Waals surface area (Å²) in [4.78, 5) is 21.9. The van der Waals surface area contributed by atoms with E-state index in [-0.39, 0.29) is 23.8 Å². The number of aryl methyl sites for hydroxylation is 1. The van der Waals surface area contributed by atoms with Crippen LogP contribution in [0.1, 0.15) is 5.69 Å². The SMILES string of the molecule is Cc1nn(CC(=O)NCCn2cc(Cl)cn2)cc1[N+](=O)[O-]. The van der Waals surface area contributed by atoms with Crippen LogP contribution >= 0.6 is 11.6 Å². The van der Waals surface area contributed by atoms with Crippen LogP contribution < -0.4 is 5.32 Å². The van der Waals surface area contributed by atoms with E-state index in [0.29, 0.717) is 18.1 Å². The number of hydrogen-bond donors (Lipinski definition) is 1. The van der Waals surface area contributed by atoms with Crippen LogP contribution in [-0.2, 0) is 17.9 Å². The molecule has 0 aliphatic carbocycles. The van der Waals surface area contributed by atoms with E-state index in [4.69, 9.17) is 11.6 Å². The number of rotatable bonds is 6. The predicted molar refractivity (Wildman–Crippen MR) is 73.9 cm³/mol. The van der Waals surface area contributed by atoms with Crippen molar-refractivity contribution in [1.82, 2.24) is 24.9 Å². The Bertz CT molecular complexity index is 665. The van der Waals surface area contributed by atoms with Crippen molar-refractivity contribution in [3.05, 3.63) is 39.4 Å². The third kappa shape index (κ3) is 4.02. The predicted octanol–water partition coefficient (Wildman–Crippen LogP) is 0.766. The van der Waals surface area contributed by atoms with Gasteiger partial charge in [-0.2, -0.15) is 10.2 Å².